The molecule has 2 heterocycles. The van der Waals surface area contributed by atoms with E-state index >= 15 is 0 Å². The van der Waals surface area contributed by atoms with Gasteiger partial charge in [-0.15, -0.1) is 0 Å². The van der Waals surface area contributed by atoms with E-state index in [0.29, 0.717) is 18.2 Å². The molecular weight excluding hydrogens is 381 g/mol. The molecule has 2 aromatic carbocycles. The maximum Gasteiger partial charge on any atom is 0.254 e. The van der Waals surface area contributed by atoms with Gasteiger partial charge >= 0.3 is 0 Å². The van der Waals surface area contributed by atoms with E-state index in [9.17, 15) is 9.18 Å². The molecule has 0 radical (unpaired) electrons. The van der Waals surface area contributed by atoms with Crippen LogP contribution in [0.25, 0.3) is 0 Å². The summed E-state index contributed by atoms with van der Waals surface area (Å²) in [6.45, 7) is 1.43. The number of halogens is 2. The van der Waals surface area contributed by atoms with Gasteiger partial charge in [0.1, 0.15) is 11.9 Å². The van der Waals surface area contributed by atoms with E-state index in [1.165, 1.54) is 18.2 Å². The van der Waals surface area contributed by atoms with Crippen LogP contribution < -0.4 is 5.32 Å². The van der Waals surface area contributed by atoms with E-state index in [-0.39, 0.29) is 18.2 Å². The summed E-state index contributed by atoms with van der Waals surface area (Å²) >= 11 is 5.86. The summed E-state index contributed by atoms with van der Waals surface area (Å²) in [6, 6.07) is 14.0. The number of fused-ring (bicyclic) bond motifs is 1. The van der Waals surface area contributed by atoms with Gasteiger partial charge in [0.05, 0.1) is 24.4 Å². The van der Waals surface area contributed by atoms with E-state index in [1.54, 1.807) is 0 Å². The molecule has 1 aliphatic rings. The minimum absolute atomic E-state index is 0.0851. The molecule has 28 heavy (non-hydrogen) atoms. The van der Waals surface area contributed by atoms with Gasteiger partial charge in [-0.1, -0.05) is 41.9 Å². The first-order valence-corrected chi connectivity index (χ1v) is 9.43. The monoisotopic (exact) mass is 399 g/mol. The second-order valence-corrected chi connectivity index (χ2v) is 7.10. The summed E-state index contributed by atoms with van der Waals surface area (Å²) < 4.78 is 21.6. The highest BCUT2D eigenvalue weighted by Crippen LogP contribution is 2.26. The molecule has 7 heteroatoms. The van der Waals surface area contributed by atoms with Crippen LogP contribution in [0, 0.1) is 5.82 Å². The molecule has 1 atom stereocenters. The van der Waals surface area contributed by atoms with Crippen LogP contribution in [0.1, 0.15) is 33.3 Å². The highest BCUT2D eigenvalue weighted by molar-refractivity contribution is 6.31. The van der Waals surface area contributed by atoms with Crippen molar-refractivity contribution in [2.75, 3.05) is 13.2 Å². The third-order valence-electron chi connectivity index (χ3n) is 4.67. The van der Waals surface area contributed by atoms with Gasteiger partial charge in [-0.2, -0.15) is 5.10 Å². The first-order chi connectivity index (χ1) is 13.6. The number of ether oxygens (including phenoxy) is 1. The topological polar surface area (TPSA) is 56.1 Å². The van der Waals surface area contributed by atoms with Gasteiger partial charge in [-0.3, -0.25) is 9.48 Å². The molecule has 1 aromatic heterocycles. The lowest BCUT2D eigenvalue weighted by molar-refractivity contribution is 0.0383. The standard InChI is InChI=1S/C21H19ClFN3O2/c22-16-6-7-18(23)17(10-16)21(27)24-11-19-20-15(8-9-28-19)13-26(25-20)12-14-4-2-1-3-5-14/h1-7,10,13,19H,8-9,11-12H2,(H,24,27)/t19-/m1/s1. The summed E-state index contributed by atoms with van der Waals surface area (Å²) in [5, 5.41) is 7.69. The Hall–Kier alpha value is -2.70. The van der Waals surface area contributed by atoms with Crippen LogP contribution in [0.4, 0.5) is 4.39 Å². The molecule has 0 saturated carbocycles. The average molecular weight is 400 g/mol. The molecule has 5 nitrogen and oxygen atoms in total. The number of hydrogen-bond acceptors (Lipinski definition) is 3. The number of nitrogens with one attached hydrogen (secondary N) is 1. The number of carbonyl (C=O) groups excluding carboxylic acids is 1. The van der Waals surface area contributed by atoms with Crippen molar-refractivity contribution in [3.8, 4) is 0 Å². The lowest BCUT2D eigenvalue weighted by Gasteiger charge is -2.22. The summed E-state index contributed by atoms with van der Waals surface area (Å²) in [4.78, 5) is 12.3. The Morgan fingerprint density at radius 3 is 2.93 bits per heavy atom. The maximum absolute atomic E-state index is 13.9. The van der Waals surface area contributed by atoms with Crippen molar-refractivity contribution in [1.29, 1.82) is 0 Å². The number of nitrogens with zero attached hydrogens (tertiary/aromatic N) is 2. The van der Waals surface area contributed by atoms with Gasteiger partial charge in [0.15, 0.2) is 0 Å². The van der Waals surface area contributed by atoms with Crippen LogP contribution in [0.5, 0.6) is 0 Å². The zero-order valence-electron chi connectivity index (χ0n) is 15.1. The molecule has 0 bridgehead atoms. The molecule has 1 N–H and O–H groups in total. The average Bonchev–Trinajstić information content (AvgIpc) is 3.11. The fraction of sp³-hybridized carbons (Fsp3) is 0.238. The second-order valence-electron chi connectivity index (χ2n) is 6.67. The number of hydrogen-bond donors (Lipinski definition) is 1. The molecule has 0 fully saturated rings. The van der Waals surface area contributed by atoms with Crippen molar-refractivity contribution in [3.63, 3.8) is 0 Å². The summed E-state index contributed by atoms with van der Waals surface area (Å²) in [5.74, 6) is -1.14. The van der Waals surface area contributed by atoms with Crippen molar-refractivity contribution in [2.45, 2.75) is 19.1 Å². The van der Waals surface area contributed by atoms with Gasteiger partial charge in [-0.25, -0.2) is 4.39 Å². The fourth-order valence-corrected chi connectivity index (χ4v) is 3.46. The maximum atomic E-state index is 13.9. The second kappa shape index (κ2) is 8.12. The van der Waals surface area contributed by atoms with E-state index in [1.807, 2.05) is 29.1 Å². The number of benzene rings is 2. The Labute approximate surface area is 167 Å². The predicted molar refractivity (Wildman–Crippen MR) is 104 cm³/mol. The van der Waals surface area contributed by atoms with E-state index < -0.39 is 11.7 Å². The number of carbonyl (C=O) groups is 1. The first-order valence-electron chi connectivity index (χ1n) is 9.05. The van der Waals surface area contributed by atoms with Crippen molar-refractivity contribution >= 4 is 17.5 Å². The molecule has 144 valence electrons. The Bertz CT molecular complexity index is 991. The van der Waals surface area contributed by atoms with Crippen LogP contribution in [0.3, 0.4) is 0 Å². The van der Waals surface area contributed by atoms with Crippen molar-refractivity contribution in [2.24, 2.45) is 0 Å². The van der Waals surface area contributed by atoms with E-state index in [4.69, 9.17) is 16.3 Å². The van der Waals surface area contributed by atoms with Crippen molar-refractivity contribution in [3.05, 3.63) is 88.0 Å². The summed E-state index contributed by atoms with van der Waals surface area (Å²) in [5.41, 5.74) is 2.99. The molecule has 1 amide bonds. The number of aromatic nitrogens is 2. The molecule has 0 saturated heterocycles. The predicted octanol–water partition coefficient (Wildman–Crippen LogP) is 3.77. The quantitative estimate of drug-likeness (QED) is 0.710. The number of amides is 1. The van der Waals surface area contributed by atoms with Gasteiger partial charge in [-0.05, 0) is 35.7 Å². The highest BCUT2D eigenvalue weighted by atomic mass is 35.5. The third kappa shape index (κ3) is 4.08. The molecule has 0 unspecified atom stereocenters. The third-order valence-corrected chi connectivity index (χ3v) is 4.91. The molecule has 0 spiro atoms. The molecular formula is C21H19ClFN3O2. The summed E-state index contributed by atoms with van der Waals surface area (Å²) in [6.07, 6.45) is 2.43. The molecule has 4 rings (SSSR count). The van der Waals surface area contributed by atoms with Gasteiger partial charge in [0, 0.05) is 17.8 Å². The van der Waals surface area contributed by atoms with E-state index in [2.05, 4.69) is 22.5 Å². The van der Waals surface area contributed by atoms with Crippen LogP contribution in [0.2, 0.25) is 5.02 Å². The lowest BCUT2D eigenvalue weighted by atomic mass is 10.1. The van der Waals surface area contributed by atoms with E-state index in [0.717, 1.165) is 23.2 Å². The smallest absolute Gasteiger partial charge is 0.254 e. The molecule has 3 aromatic rings. The molecule has 1 aliphatic heterocycles. The minimum atomic E-state index is -0.612. The Morgan fingerprint density at radius 2 is 2.11 bits per heavy atom. The fourth-order valence-electron chi connectivity index (χ4n) is 3.29. The zero-order valence-corrected chi connectivity index (χ0v) is 15.8. The minimum Gasteiger partial charge on any atom is -0.370 e. The van der Waals surface area contributed by atoms with Gasteiger partial charge in [0.25, 0.3) is 5.91 Å². The summed E-state index contributed by atoms with van der Waals surface area (Å²) in [7, 11) is 0. The van der Waals surface area contributed by atoms with Crippen LogP contribution in [-0.2, 0) is 17.7 Å². The van der Waals surface area contributed by atoms with Gasteiger partial charge < -0.3 is 10.1 Å². The van der Waals surface area contributed by atoms with Gasteiger partial charge in [0.2, 0.25) is 0 Å². The van der Waals surface area contributed by atoms with Crippen LogP contribution >= 0.6 is 11.6 Å². The Balaban J connectivity index is 1.46. The lowest BCUT2D eigenvalue weighted by Crippen LogP contribution is -2.32. The van der Waals surface area contributed by atoms with Crippen LogP contribution in [-0.4, -0.2) is 28.8 Å². The van der Waals surface area contributed by atoms with Crippen molar-refractivity contribution < 1.29 is 13.9 Å². The number of rotatable bonds is 5. The van der Waals surface area contributed by atoms with Crippen LogP contribution in [0.15, 0.2) is 54.7 Å². The Morgan fingerprint density at radius 1 is 1.29 bits per heavy atom. The molecule has 0 aliphatic carbocycles. The first kappa shape index (κ1) is 18.7. The SMILES string of the molecule is O=C(NC[C@H]1OCCc2cn(Cc3ccccc3)nc21)c1cc(Cl)ccc1F. The zero-order chi connectivity index (χ0) is 19.5. The Kier molecular flexibility index (Phi) is 5.41. The highest BCUT2D eigenvalue weighted by Gasteiger charge is 2.26. The normalized spacial score (nSPS) is 15.9. The largest absolute Gasteiger partial charge is 0.370 e. The van der Waals surface area contributed by atoms with Crippen molar-refractivity contribution in [1.82, 2.24) is 15.1 Å².